The minimum absolute atomic E-state index is 0.00492. The van der Waals surface area contributed by atoms with E-state index in [1.807, 2.05) is 41.5 Å². The maximum absolute atomic E-state index is 12.4. The minimum Gasteiger partial charge on any atom is -0.481 e. The number of aliphatic hydroxyl groups excluding tert-OH is 1. The van der Waals surface area contributed by atoms with Crippen molar-refractivity contribution in [2.75, 3.05) is 0 Å². The van der Waals surface area contributed by atoms with Crippen LogP contribution in [-0.4, -0.2) is 66.4 Å². The molecule has 0 aromatic carbocycles. The molecule has 0 saturated carbocycles. The lowest BCUT2D eigenvalue weighted by molar-refractivity contribution is -0.138. The van der Waals surface area contributed by atoms with Gasteiger partial charge in [0.15, 0.2) is 0 Å². The van der Waals surface area contributed by atoms with Crippen molar-refractivity contribution in [3.05, 3.63) is 56.2 Å². The Kier molecular flexibility index (Phi) is 10.6. The van der Waals surface area contributed by atoms with Gasteiger partial charge in [-0.2, -0.15) is 12.6 Å². The summed E-state index contributed by atoms with van der Waals surface area (Å²) < 4.78 is 0. The average molecular weight is 627 g/mol. The Morgan fingerprint density at radius 3 is 1.98 bits per heavy atom. The normalized spacial score (nSPS) is 22.6. The first-order chi connectivity index (χ1) is 20.7. The Labute approximate surface area is 264 Å². The topological polar surface area (TPSA) is 168 Å². The Balaban J connectivity index is 1.71. The minimum atomic E-state index is -0.885. The molecule has 4 heterocycles. The summed E-state index contributed by atoms with van der Waals surface area (Å²) in [6.45, 7) is 11.9. The summed E-state index contributed by atoms with van der Waals surface area (Å²) in [5, 5.41) is 32.9. The third kappa shape index (κ3) is 7.05. The fourth-order valence-electron chi connectivity index (χ4n) is 7.13. The number of H-pyrrole nitrogens is 2. The number of allylic oxidation sites excluding steroid dienone is 1. The molecule has 11 heteroatoms. The van der Waals surface area contributed by atoms with Crippen LogP contribution in [0.3, 0.4) is 0 Å². The molecule has 2 aliphatic rings. The molecule has 0 radical (unpaired) electrons. The molecule has 2 aromatic rings. The van der Waals surface area contributed by atoms with Crippen LogP contribution in [0.2, 0.25) is 0 Å². The number of hydrogen-bond donors (Lipinski definition) is 7. The SMILES string of the molecule is CCC1=C(C)C(Cc2[nH]c(Cc3[nH]c(C[C@@H]4N[C@@H](O)[C@H](C)[C@H]4[C@@H](C)S)c(C)c3CCC(=O)O)c(CCC(=O)O)c2C)=NC1=O. The highest BCUT2D eigenvalue weighted by Gasteiger charge is 2.41. The van der Waals surface area contributed by atoms with Crippen LogP contribution < -0.4 is 5.32 Å². The van der Waals surface area contributed by atoms with Crippen LogP contribution in [0.15, 0.2) is 16.1 Å². The quantitative estimate of drug-likeness (QED) is 0.154. The van der Waals surface area contributed by atoms with Crippen LogP contribution in [0.5, 0.6) is 0 Å². The second kappa shape index (κ2) is 13.9. The fraction of sp³-hybridized carbons (Fsp3) is 0.576. The van der Waals surface area contributed by atoms with E-state index < -0.39 is 18.2 Å². The van der Waals surface area contributed by atoms with E-state index in [0.29, 0.717) is 38.5 Å². The van der Waals surface area contributed by atoms with Gasteiger partial charge in [-0.05, 0) is 73.8 Å². The molecule has 4 rings (SSSR count). The molecule has 6 N–H and O–H groups in total. The van der Waals surface area contributed by atoms with Gasteiger partial charge >= 0.3 is 11.9 Å². The maximum atomic E-state index is 12.4. The van der Waals surface area contributed by atoms with E-state index >= 15 is 0 Å². The second-order valence-corrected chi connectivity index (χ2v) is 13.2. The number of carbonyl (C=O) groups excluding carboxylic acids is 1. The van der Waals surface area contributed by atoms with Gasteiger partial charge in [0, 0.05) is 77.7 Å². The number of amides is 1. The molecule has 1 amide bonds. The number of hydrogen-bond acceptors (Lipinski definition) is 6. The number of carbonyl (C=O) groups is 3. The van der Waals surface area contributed by atoms with Crippen LogP contribution >= 0.6 is 12.6 Å². The summed E-state index contributed by atoms with van der Waals surface area (Å²) in [7, 11) is 0. The molecule has 0 bridgehead atoms. The van der Waals surface area contributed by atoms with Crippen LogP contribution in [0.1, 0.15) is 92.0 Å². The smallest absolute Gasteiger partial charge is 0.303 e. The number of aliphatic carboxylic acids is 2. The van der Waals surface area contributed by atoms with E-state index in [9.17, 15) is 29.7 Å². The van der Waals surface area contributed by atoms with Crippen molar-refractivity contribution in [2.24, 2.45) is 16.8 Å². The highest BCUT2D eigenvalue weighted by Crippen LogP contribution is 2.35. The van der Waals surface area contributed by atoms with Gasteiger partial charge < -0.3 is 25.3 Å². The average Bonchev–Trinajstić information content (AvgIpc) is 3.59. The van der Waals surface area contributed by atoms with Crippen molar-refractivity contribution >= 4 is 36.2 Å². The summed E-state index contributed by atoms with van der Waals surface area (Å²) in [5.74, 6) is -1.77. The summed E-state index contributed by atoms with van der Waals surface area (Å²) in [4.78, 5) is 47.0. The highest BCUT2D eigenvalue weighted by molar-refractivity contribution is 7.80. The number of rotatable bonds is 14. The fourth-order valence-corrected chi connectivity index (χ4v) is 7.61. The predicted octanol–water partition coefficient (Wildman–Crippen LogP) is 4.24. The lowest BCUT2D eigenvalue weighted by Crippen LogP contribution is -2.35. The third-order valence-electron chi connectivity index (χ3n) is 9.69. The largest absolute Gasteiger partial charge is 0.481 e. The number of nitrogens with zero attached hydrogens (tertiary/aromatic N) is 1. The second-order valence-electron chi connectivity index (χ2n) is 12.4. The van der Waals surface area contributed by atoms with Crippen LogP contribution in [0, 0.1) is 25.7 Å². The zero-order chi connectivity index (χ0) is 32.5. The molecule has 0 unspecified atom stereocenters. The van der Waals surface area contributed by atoms with Crippen molar-refractivity contribution < 1.29 is 29.7 Å². The molecule has 5 atom stereocenters. The van der Waals surface area contributed by atoms with E-state index in [0.717, 1.165) is 61.9 Å². The van der Waals surface area contributed by atoms with E-state index in [-0.39, 0.29) is 41.9 Å². The van der Waals surface area contributed by atoms with Crippen molar-refractivity contribution in [1.82, 2.24) is 15.3 Å². The molecule has 1 saturated heterocycles. The maximum Gasteiger partial charge on any atom is 0.303 e. The van der Waals surface area contributed by atoms with Crippen molar-refractivity contribution in [3.8, 4) is 0 Å². The van der Waals surface area contributed by atoms with Crippen LogP contribution in [0.25, 0.3) is 0 Å². The first-order valence-electron chi connectivity index (χ1n) is 15.5. The number of aromatic amines is 2. The first-order valence-corrected chi connectivity index (χ1v) is 16.0. The monoisotopic (exact) mass is 626 g/mol. The van der Waals surface area contributed by atoms with Gasteiger partial charge in [0.1, 0.15) is 6.23 Å². The summed E-state index contributed by atoms with van der Waals surface area (Å²) >= 11 is 4.71. The molecular formula is C33H46N4O6S. The highest BCUT2D eigenvalue weighted by atomic mass is 32.1. The molecule has 10 nitrogen and oxygen atoms in total. The van der Waals surface area contributed by atoms with Crippen LogP contribution in [0.4, 0.5) is 0 Å². The van der Waals surface area contributed by atoms with Gasteiger partial charge in [0.25, 0.3) is 5.91 Å². The number of aliphatic hydroxyl groups is 1. The number of nitrogens with one attached hydrogen (secondary N) is 3. The van der Waals surface area contributed by atoms with E-state index in [4.69, 9.17) is 12.6 Å². The standard InChI is InChI=1S/C33H46N4O6S/c1-7-20-15(2)25(36-33(20)43)12-23-16(3)21(8-10-29(38)39)26(34-23)14-27-22(9-11-30(40)41)17(4)24(35-27)13-28-31(19(6)44)18(5)32(42)37-28/h18-19,28,31-32,34-35,37,42,44H,7-14H2,1-6H3,(H,38,39)(H,40,41)/t18-,19-,28+,31+,32+/m1/s1. The van der Waals surface area contributed by atoms with Gasteiger partial charge in [-0.15, -0.1) is 0 Å². The van der Waals surface area contributed by atoms with E-state index in [1.165, 1.54) is 0 Å². The summed E-state index contributed by atoms with van der Waals surface area (Å²) in [6, 6.07) is -0.00492. The summed E-state index contributed by atoms with van der Waals surface area (Å²) in [6.07, 6.45) is 2.16. The molecule has 44 heavy (non-hydrogen) atoms. The van der Waals surface area contributed by atoms with Crippen molar-refractivity contribution in [3.63, 3.8) is 0 Å². The van der Waals surface area contributed by atoms with E-state index in [2.05, 4.69) is 20.3 Å². The van der Waals surface area contributed by atoms with Gasteiger partial charge in [0.05, 0.1) is 5.71 Å². The van der Waals surface area contributed by atoms with E-state index in [1.54, 1.807) is 0 Å². The third-order valence-corrected chi connectivity index (χ3v) is 10.0. The lowest BCUT2D eigenvalue weighted by atomic mass is 9.86. The Morgan fingerprint density at radius 2 is 1.48 bits per heavy atom. The summed E-state index contributed by atoms with van der Waals surface area (Å²) in [5.41, 5.74) is 9.80. The van der Waals surface area contributed by atoms with Gasteiger partial charge in [-0.1, -0.05) is 20.8 Å². The number of aliphatic imine (C=N–C) groups is 1. The van der Waals surface area contributed by atoms with Crippen molar-refractivity contribution in [1.29, 1.82) is 0 Å². The Morgan fingerprint density at radius 1 is 0.932 bits per heavy atom. The molecular weight excluding hydrogens is 580 g/mol. The predicted molar refractivity (Wildman–Crippen MR) is 173 cm³/mol. The number of carboxylic acid groups (broad SMARTS) is 2. The molecule has 2 aliphatic heterocycles. The first kappa shape index (κ1) is 33.7. The van der Waals surface area contributed by atoms with Gasteiger partial charge in [-0.25, -0.2) is 4.99 Å². The Bertz CT molecular complexity index is 1500. The van der Waals surface area contributed by atoms with Gasteiger partial charge in [-0.3, -0.25) is 19.7 Å². The van der Waals surface area contributed by atoms with Crippen LogP contribution in [-0.2, 0) is 46.5 Å². The zero-order valence-corrected chi connectivity index (χ0v) is 27.4. The number of thiol groups is 1. The number of carboxylic acids is 2. The molecule has 2 aromatic heterocycles. The molecule has 240 valence electrons. The van der Waals surface area contributed by atoms with Crippen molar-refractivity contribution in [2.45, 2.75) is 110 Å². The molecule has 0 spiro atoms. The molecule has 0 aliphatic carbocycles. The number of aromatic nitrogens is 2. The van der Waals surface area contributed by atoms with Gasteiger partial charge in [0.2, 0.25) is 0 Å². The lowest BCUT2D eigenvalue weighted by Gasteiger charge is -2.25. The zero-order valence-electron chi connectivity index (χ0n) is 26.5. The molecule has 1 fully saturated rings. The Hall–Kier alpha value is -3.15.